The monoisotopic (exact) mass is 340 g/mol. The SMILES string of the molecule is Clc1ccc2c(c1)CCN(c1cc(NC3CC3)nc(C3CC3)n1)C2. The van der Waals surface area contributed by atoms with Crippen LogP contribution in [0.2, 0.25) is 5.02 Å². The molecule has 5 rings (SSSR count). The Hall–Kier alpha value is -1.81. The van der Waals surface area contributed by atoms with Crippen LogP contribution < -0.4 is 10.2 Å². The number of nitrogens with one attached hydrogen (secondary N) is 1. The molecule has 1 N–H and O–H groups in total. The number of nitrogens with zero attached hydrogens (tertiary/aromatic N) is 3. The van der Waals surface area contributed by atoms with Crippen LogP contribution in [0, 0.1) is 0 Å². The number of anilines is 2. The van der Waals surface area contributed by atoms with E-state index in [1.54, 1.807) is 0 Å². The Morgan fingerprint density at radius 2 is 1.92 bits per heavy atom. The zero-order chi connectivity index (χ0) is 16.1. The molecule has 0 saturated heterocycles. The summed E-state index contributed by atoms with van der Waals surface area (Å²) in [6.07, 6.45) is 6.00. The highest BCUT2D eigenvalue weighted by atomic mass is 35.5. The van der Waals surface area contributed by atoms with Crippen LogP contribution in [-0.4, -0.2) is 22.6 Å². The number of aromatic nitrogens is 2. The van der Waals surface area contributed by atoms with Crippen LogP contribution in [0.5, 0.6) is 0 Å². The van der Waals surface area contributed by atoms with Crippen LogP contribution in [0.3, 0.4) is 0 Å². The molecule has 2 saturated carbocycles. The molecule has 2 aromatic rings. The summed E-state index contributed by atoms with van der Waals surface area (Å²) in [4.78, 5) is 12.0. The van der Waals surface area contributed by atoms with Crippen LogP contribution in [0.15, 0.2) is 24.3 Å². The van der Waals surface area contributed by atoms with Crippen molar-refractivity contribution < 1.29 is 0 Å². The predicted molar refractivity (Wildman–Crippen MR) is 96.9 cm³/mol. The smallest absolute Gasteiger partial charge is 0.136 e. The molecule has 1 aromatic heterocycles. The van der Waals surface area contributed by atoms with Crippen LogP contribution in [0.1, 0.15) is 48.6 Å². The first-order valence-electron chi connectivity index (χ1n) is 8.92. The Morgan fingerprint density at radius 3 is 2.71 bits per heavy atom. The number of halogens is 1. The third-order valence-electron chi connectivity index (χ3n) is 5.11. The van der Waals surface area contributed by atoms with Gasteiger partial charge < -0.3 is 10.2 Å². The minimum Gasteiger partial charge on any atom is -0.367 e. The lowest BCUT2D eigenvalue weighted by molar-refractivity contribution is 0.714. The summed E-state index contributed by atoms with van der Waals surface area (Å²) in [6, 6.07) is 8.98. The van der Waals surface area contributed by atoms with E-state index in [0.717, 1.165) is 42.0 Å². The van der Waals surface area contributed by atoms with Crippen molar-refractivity contribution in [2.75, 3.05) is 16.8 Å². The van der Waals surface area contributed by atoms with Crippen molar-refractivity contribution in [2.24, 2.45) is 0 Å². The molecule has 2 heterocycles. The van der Waals surface area contributed by atoms with E-state index in [4.69, 9.17) is 21.6 Å². The minimum absolute atomic E-state index is 0.570. The normalized spacial score (nSPS) is 20.0. The Balaban J connectivity index is 1.45. The average Bonchev–Trinajstić information content (AvgIpc) is 3.47. The summed E-state index contributed by atoms with van der Waals surface area (Å²) >= 11 is 6.13. The van der Waals surface area contributed by atoms with Crippen molar-refractivity contribution in [3.8, 4) is 0 Å². The maximum absolute atomic E-state index is 6.13. The van der Waals surface area contributed by atoms with Crippen molar-refractivity contribution in [2.45, 2.75) is 50.6 Å². The van der Waals surface area contributed by atoms with Gasteiger partial charge in [0.15, 0.2) is 0 Å². The van der Waals surface area contributed by atoms with Gasteiger partial charge in [-0.05, 0) is 55.4 Å². The second-order valence-electron chi connectivity index (χ2n) is 7.25. The summed E-state index contributed by atoms with van der Waals surface area (Å²) < 4.78 is 0. The van der Waals surface area contributed by atoms with Crippen molar-refractivity contribution in [1.29, 1.82) is 0 Å². The molecule has 2 aliphatic carbocycles. The summed E-state index contributed by atoms with van der Waals surface area (Å²) in [6.45, 7) is 1.88. The van der Waals surface area contributed by atoms with Gasteiger partial charge in [0.2, 0.25) is 0 Å². The van der Waals surface area contributed by atoms with E-state index in [1.165, 1.54) is 36.8 Å². The van der Waals surface area contributed by atoms with Crippen molar-refractivity contribution in [1.82, 2.24) is 9.97 Å². The van der Waals surface area contributed by atoms with Gasteiger partial charge in [-0.2, -0.15) is 0 Å². The fraction of sp³-hybridized carbons (Fsp3) is 0.474. The summed E-state index contributed by atoms with van der Waals surface area (Å²) in [5, 5.41) is 4.38. The molecule has 4 nitrogen and oxygen atoms in total. The van der Waals surface area contributed by atoms with Gasteiger partial charge in [-0.25, -0.2) is 9.97 Å². The number of benzene rings is 1. The summed E-state index contributed by atoms with van der Waals surface area (Å²) in [5.74, 6) is 3.67. The Bertz CT molecular complexity index is 783. The van der Waals surface area contributed by atoms with E-state index in [2.05, 4.69) is 28.4 Å². The van der Waals surface area contributed by atoms with Crippen molar-refractivity contribution >= 4 is 23.2 Å². The molecule has 0 amide bonds. The lowest BCUT2D eigenvalue weighted by atomic mass is 10.00. The van der Waals surface area contributed by atoms with Gasteiger partial charge in [0, 0.05) is 36.1 Å². The lowest BCUT2D eigenvalue weighted by Crippen LogP contribution is -2.31. The Kier molecular flexibility index (Phi) is 3.40. The first kappa shape index (κ1) is 14.5. The zero-order valence-corrected chi connectivity index (χ0v) is 14.4. The number of hydrogen-bond donors (Lipinski definition) is 1. The fourth-order valence-electron chi connectivity index (χ4n) is 3.37. The van der Waals surface area contributed by atoms with Crippen molar-refractivity contribution in [3.05, 3.63) is 46.2 Å². The number of fused-ring (bicyclic) bond motifs is 1. The molecule has 24 heavy (non-hydrogen) atoms. The van der Waals surface area contributed by atoms with Crippen LogP contribution >= 0.6 is 11.6 Å². The van der Waals surface area contributed by atoms with Crippen LogP contribution in [-0.2, 0) is 13.0 Å². The zero-order valence-electron chi connectivity index (χ0n) is 13.6. The maximum atomic E-state index is 6.13. The van der Waals surface area contributed by atoms with E-state index < -0.39 is 0 Å². The molecule has 3 aliphatic rings. The highest BCUT2D eigenvalue weighted by Gasteiger charge is 2.29. The van der Waals surface area contributed by atoms with Gasteiger partial charge >= 0.3 is 0 Å². The quantitative estimate of drug-likeness (QED) is 0.908. The van der Waals surface area contributed by atoms with E-state index >= 15 is 0 Å². The van der Waals surface area contributed by atoms with E-state index in [0.29, 0.717) is 12.0 Å². The van der Waals surface area contributed by atoms with Gasteiger partial charge in [0.1, 0.15) is 17.5 Å². The van der Waals surface area contributed by atoms with Gasteiger partial charge in [-0.3, -0.25) is 0 Å². The molecular formula is C19H21ClN4. The largest absolute Gasteiger partial charge is 0.367 e. The Labute approximate surface area is 147 Å². The second kappa shape index (κ2) is 5.62. The molecule has 0 unspecified atom stereocenters. The predicted octanol–water partition coefficient (Wildman–Crippen LogP) is 4.14. The van der Waals surface area contributed by atoms with Gasteiger partial charge in [-0.1, -0.05) is 17.7 Å². The molecule has 124 valence electrons. The first-order chi connectivity index (χ1) is 11.7. The summed E-state index contributed by atoms with van der Waals surface area (Å²) in [5.41, 5.74) is 2.72. The molecule has 2 fully saturated rings. The topological polar surface area (TPSA) is 41.0 Å². The minimum atomic E-state index is 0.570. The van der Waals surface area contributed by atoms with Crippen LogP contribution in [0.4, 0.5) is 11.6 Å². The van der Waals surface area contributed by atoms with E-state index in [1.807, 2.05) is 6.07 Å². The highest BCUT2D eigenvalue weighted by Crippen LogP contribution is 2.40. The Morgan fingerprint density at radius 1 is 1.04 bits per heavy atom. The third kappa shape index (κ3) is 2.95. The molecule has 0 radical (unpaired) electrons. The van der Waals surface area contributed by atoms with Crippen molar-refractivity contribution in [3.63, 3.8) is 0 Å². The van der Waals surface area contributed by atoms with Gasteiger partial charge in [-0.15, -0.1) is 0 Å². The molecule has 5 heteroatoms. The second-order valence-corrected chi connectivity index (χ2v) is 7.68. The third-order valence-corrected chi connectivity index (χ3v) is 5.34. The molecule has 1 aromatic carbocycles. The molecule has 1 aliphatic heterocycles. The van der Waals surface area contributed by atoms with Gasteiger partial charge in [0.25, 0.3) is 0 Å². The molecule has 0 bridgehead atoms. The highest BCUT2D eigenvalue weighted by molar-refractivity contribution is 6.30. The van der Waals surface area contributed by atoms with E-state index in [9.17, 15) is 0 Å². The first-order valence-corrected chi connectivity index (χ1v) is 9.30. The number of hydrogen-bond acceptors (Lipinski definition) is 4. The number of rotatable bonds is 4. The molecule has 0 atom stereocenters. The van der Waals surface area contributed by atoms with Crippen LogP contribution in [0.25, 0.3) is 0 Å². The summed E-state index contributed by atoms with van der Waals surface area (Å²) in [7, 11) is 0. The maximum Gasteiger partial charge on any atom is 0.136 e. The fourth-order valence-corrected chi connectivity index (χ4v) is 3.56. The average molecular weight is 341 g/mol. The molecule has 0 spiro atoms. The molecular weight excluding hydrogens is 320 g/mol. The van der Waals surface area contributed by atoms with E-state index in [-0.39, 0.29) is 0 Å². The standard InChI is InChI=1S/C19H21ClN4/c20-15-4-3-14-11-24(8-7-13(14)9-15)18-10-17(21-16-5-6-16)22-19(23-18)12-1-2-12/h3-4,9-10,12,16H,1-2,5-8,11H2,(H,21,22,23). The van der Waals surface area contributed by atoms with Gasteiger partial charge in [0.05, 0.1) is 0 Å². The lowest BCUT2D eigenvalue weighted by Gasteiger charge is -2.30.